The fraction of sp³-hybridized carbons (Fsp3) is 0.647. The molecule has 1 fully saturated rings. The van der Waals surface area contributed by atoms with Gasteiger partial charge in [0, 0.05) is 8.07 Å². The van der Waals surface area contributed by atoms with E-state index in [1.165, 1.54) is 49.3 Å². The molecule has 0 aromatic heterocycles. The Hall–Kier alpha value is -0.603. The summed E-state index contributed by atoms with van der Waals surface area (Å²) in [6.45, 7) is 8.06. The van der Waals surface area contributed by atoms with Crippen LogP contribution in [0.2, 0.25) is 19.6 Å². The summed E-state index contributed by atoms with van der Waals surface area (Å²) in [6.07, 6.45) is 7.11. The molecule has 0 amide bonds. The Labute approximate surface area is 119 Å². The van der Waals surface area contributed by atoms with Crippen LogP contribution in [-0.4, -0.2) is 14.2 Å². The van der Waals surface area contributed by atoms with Crippen molar-refractivity contribution in [1.82, 2.24) is 0 Å². The van der Waals surface area contributed by atoms with Crippen LogP contribution < -0.4 is 0 Å². The van der Waals surface area contributed by atoms with E-state index in [0.29, 0.717) is 6.10 Å². The molecule has 2 rings (SSSR count). The Morgan fingerprint density at radius 2 is 1.53 bits per heavy atom. The maximum absolute atomic E-state index is 6.02. The van der Waals surface area contributed by atoms with Crippen molar-refractivity contribution in [3.8, 4) is 0 Å². The standard InChI is InChI=1S/C17H28OSi/c1-19(2,3)14-16-11-9-15(10-12-16)13-18-17-7-5-4-6-8-17/h9-12,17H,4-8,13-14H2,1-3H3. The van der Waals surface area contributed by atoms with Gasteiger partial charge in [-0.15, -0.1) is 0 Å². The zero-order chi connectivity index (χ0) is 13.7. The molecule has 1 nitrogen and oxygen atoms in total. The SMILES string of the molecule is C[Si](C)(C)Cc1ccc(COC2CCCCC2)cc1. The van der Waals surface area contributed by atoms with Crippen molar-refractivity contribution in [1.29, 1.82) is 0 Å². The molecule has 1 aromatic rings. The lowest BCUT2D eigenvalue weighted by molar-refractivity contribution is 0.0169. The molecule has 0 saturated heterocycles. The Morgan fingerprint density at radius 1 is 0.947 bits per heavy atom. The highest BCUT2D eigenvalue weighted by Gasteiger charge is 2.15. The topological polar surface area (TPSA) is 9.23 Å². The zero-order valence-corrected chi connectivity index (χ0v) is 13.7. The minimum atomic E-state index is -0.992. The van der Waals surface area contributed by atoms with E-state index < -0.39 is 8.07 Å². The number of hydrogen-bond acceptors (Lipinski definition) is 1. The first-order chi connectivity index (χ1) is 9.03. The van der Waals surface area contributed by atoms with E-state index in [2.05, 4.69) is 43.9 Å². The van der Waals surface area contributed by atoms with Crippen LogP contribution in [0.4, 0.5) is 0 Å². The van der Waals surface area contributed by atoms with Crippen molar-refractivity contribution in [2.75, 3.05) is 0 Å². The molecule has 0 radical (unpaired) electrons. The first-order valence-electron chi connectivity index (χ1n) is 7.72. The highest BCUT2D eigenvalue weighted by Crippen LogP contribution is 2.21. The third-order valence-electron chi connectivity index (χ3n) is 3.80. The van der Waals surface area contributed by atoms with Crippen molar-refractivity contribution in [2.45, 2.75) is 70.5 Å². The van der Waals surface area contributed by atoms with Gasteiger partial charge >= 0.3 is 0 Å². The second-order valence-corrected chi connectivity index (χ2v) is 12.6. The van der Waals surface area contributed by atoms with Crippen LogP contribution in [0.25, 0.3) is 0 Å². The highest BCUT2D eigenvalue weighted by atomic mass is 28.3. The smallest absolute Gasteiger partial charge is 0.0720 e. The molecule has 0 heterocycles. The van der Waals surface area contributed by atoms with Crippen LogP contribution in [0.15, 0.2) is 24.3 Å². The van der Waals surface area contributed by atoms with Crippen molar-refractivity contribution >= 4 is 8.07 Å². The van der Waals surface area contributed by atoms with Crippen LogP contribution in [0.5, 0.6) is 0 Å². The van der Waals surface area contributed by atoms with E-state index in [1.807, 2.05) is 0 Å². The molecular weight excluding hydrogens is 248 g/mol. The van der Waals surface area contributed by atoms with Crippen LogP contribution >= 0.6 is 0 Å². The molecular formula is C17H28OSi. The minimum absolute atomic E-state index is 0.510. The zero-order valence-electron chi connectivity index (χ0n) is 12.7. The molecule has 0 atom stereocenters. The molecule has 1 aliphatic rings. The van der Waals surface area contributed by atoms with Crippen molar-refractivity contribution in [3.05, 3.63) is 35.4 Å². The average Bonchev–Trinajstić information content (AvgIpc) is 2.37. The normalized spacial score (nSPS) is 17.6. The van der Waals surface area contributed by atoms with Gasteiger partial charge in [0.15, 0.2) is 0 Å². The predicted molar refractivity (Wildman–Crippen MR) is 85.2 cm³/mol. The molecule has 1 saturated carbocycles. The lowest BCUT2D eigenvalue weighted by Crippen LogP contribution is -2.23. The summed E-state index contributed by atoms with van der Waals surface area (Å²) in [4.78, 5) is 0. The Bertz CT molecular complexity index is 371. The lowest BCUT2D eigenvalue weighted by atomic mass is 9.98. The predicted octanol–water partition coefficient (Wildman–Crippen LogP) is 4.96. The van der Waals surface area contributed by atoms with Gasteiger partial charge in [0.1, 0.15) is 0 Å². The van der Waals surface area contributed by atoms with Crippen molar-refractivity contribution in [3.63, 3.8) is 0 Å². The maximum atomic E-state index is 6.02. The number of hydrogen-bond donors (Lipinski definition) is 0. The Balaban J connectivity index is 1.81. The molecule has 2 heteroatoms. The van der Waals surface area contributed by atoms with Gasteiger partial charge in [0.25, 0.3) is 0 Å². The molecule has 1 aromatic carbocycles. The van der Waals surface area contributed by atoms with E-state index in [4.69, 9.17) is 4.74 Å². The molecule has 0 spiro atoms. The summed E-state index contributed by atoms with van der Waals surface area (Å²) in [5, 5.41) is 0. The monoisotopic (exact) mass is 276 g/mol. The third-order valence-corrected chi connectivity index (χ3v) is 5.26. The van der Waals surface area contributed by atoms with Crippen LogP contribution in [-0.2, 0) is 17.4 Å². The summed E-state index contributed by atoms with van der Waals surface area (Å²) in [6, 6.07) is 10.4. The Kier molecular flexibility index (Phi) is 5.23. The molecule has 1 aliphatic carbocycles. The van der Waals surface area contributed by atoms with E-state index in [0.717, 1.165) is 6.61 Å². The molecule has 0 bridgehead atoms. The fourth-order valence-corrected chi connectivity index (χ4v) is 4.27. The molecule has 0 aliphatic heterocycles. The van der Waals surface area contributed by atoms with E-state index in [9.17, 15) is 0 Å². The average molecular weight is 276 g/mol. The van der Waals surface area contributed by atoms with E-state index in [1.54, 1.807) is 0 Å². The van der Waals surface area contributed by atoms with Gasteiger partial charge in [-0.05, 0) is 24.4 Å². The van der Waals surface area contributed by atoms with E-state index >= 15 is 0 Å². The minimum Gasteiger partial charge on any atom is -0.374 e. The Morgan fingerprint density at radius 3 is 2.11 bits per heavy atom. The molecule has 106 valence electrons. The largest absolute Gasteiger partial charge is 0.374 e. The van der Waals surface area contributed by atoms with Crippen molar-refractivity contribution in [2.24, 2.45) is 0 Å². The second-order valence-electron chi connectivity index (χ2n) is 7.12. The summed E-state index contributed by atoms with van der Waals surface area (Å²) in [5.41, 5.74) is 2.81. The van der Waals surface area contributed by atoms with Gasteiger partial charge in [0.2, 0.25) is 0 Å². The highest BCUT2D eigenvalue weighted by molar-refractivity contribution is 6.75. The van der Waals surface area contributed by atoms with Gasteiger partial charge < -0.3 is 4.74 Å². The quantitative estimate of drug-likeness (QED) is 0.691. The number of benzene rings is 1. The number of ether oxygens (including phenoxy) is 1. The maximum Gasteiger partial charge on any atom is 0.0720 e. The summed E-state index contributed by atoms with van der Waals surface area (Å²) in [5.74, 6) is 0. The van der Waals surface area contributed by atoms with Gasteiger partial charge in [0.05, 0.1) is 12.7 Å². The summed E-state index contributed by atoms with van der Waals surface area (Å²) in [7, 11) is -0.992. The van der Waals surface area contributed by atoms with Crippen molar-refractivity contribution < 1.29 is 4.74 Å². The van der Waals surface area contributed by atoms with Crippen LogP contribution in [0.3, 0.4) is 0 Å². The second kappa shape index (κ2) is 6.71. The van der Waals surface area contributed by atoms with Gasteiger partial charge in [-0.3, -0.25) is 0 Å². The molecule has 19 heavy (non-hydrogen) atoms. The summed E-state index contributed by atoms with van der Waals surface area (Å²) < 4.78 is 6.02. The lowest BCUT2D eigenvalue weighted by Gasteiger charge is -2.22. The van der Waals surface area contributed by atoms with Crippen LogP contribution in [0, 0.1) is 0 Å². The number of rotatable bonds is 5. The summed E-state index contributed by atoms with van der Waals surface area (Å²) >= 11 is 0. The van der Waals surface area contributed by atoms with Gasteiger partial charge in [-0.1, -0.05) is 68.7 Å². The van der Waals surface area contributed by atoms with Crippen LogP contribution in [0.1, 0.15) is 43.2 Å². The fourth-order valence-electron chi connectivity index (χ4n) is 2.81. The van der Waals surface area contributed by atoms with Gasteiger partial charge in [-0.25, -0.2) is 0 Å². The first-order valence-corrected chi connectivity index (χ1v) is 11.4. The molecule has 0 N–H and O–H groups in total. The van der Waals surface area contributed by atoms with Gasteiger partial charge in [-0.2, -0.15) is 0 Å². The first kappa shape index (κ1) is 14.8. The van der Waals surface area contributed by atoms with E-state index in [-0.39, 0.29) is 0 Å². The third kappa shape index (κ3) is 5.49. The molecule has 0 unspecified atom stereocenters.